The molecule has 1 aromatic carbocycles. The zero-order chi connectivity index (χ0) is 12.9. The van der Waals surface area contributed by atoms with Gasteiger partial charge >= 0.3 is 7.60 Å². The van der Waals surface area contributed by atoms with E-state index in [2.05, 4.69) is 13.8 Å². The SMILES string of the molecule is CCOP(=O)(O)Cc1ccccc1C(C)CC. The summed E-state index contributed by atoms with van der Waals surface area (Å²) >= 11 is 0. The highest BCUT2D eigenvalue weighted by atomic mass is 31.2. The summed E-state index contributed by atoms with van der Waals surface area (Å²) in [4.78, 5) is 9.68. The lowest BCUT2D eigenvalue weighted by atomic mass is 9.94. The first-order valence-electron chi connectivity index (χ1n) is 6.04. The van der Waals surface area contributed by atoms with E-state index in [4.69, 9.17) is 4.52 Å². The van der Waals surface area contributed by atoms with Crippen molar-refractivity contribution in [3.8, 4) is 0 Å². The molecule has 1 aromatic rings. The van der Waals surface area contributed by atoms with Gasteiger partial charge in [-0.1, -0.05) is 38.1 Å². The first-order valence-corrected chi connectivity index (χ1v) is 7.80. The van der Waals surface area contributed by atoms with Gasteiger partial charge in [-0.2, -0.15) is 0 Å². The second kappa shape index (κ2) is 6.34. The van der Waals surface area contributed by atoms with Gasteiger partial charge in [0.2, 0.25) is 0 Å². The summed E-state index contributed by atoms with van der Waals surface area (Å²) in [6.07, 6.45) is 1.11. The van der Waals surface area contributed by atoms with E-state index in [9.17, 15) is 9.46 Å². The van der Waals surface area contributed by atoms with E-state index in [-0.39, 0.29) is 12.8 Å². The monoisotopic (exact) mass is 256 g/mol. The van der Waals surface area contributed by atoms with Gasteiger partial charge in [0.1, 0.15) is 0 Å². The van der Waals surface area contributed by atoms with Crippen molar-refractivity contribution in [2.24, 2.45) is 0 Å². The molecule has 0 aliphatic carbocycles. The van der Waals surface area contributed by atoms with E-state index < -0.39 is 7.60 Å². The Labute approximate surface area is 103 Å². The van der Waals surface area contributed by atoms with Crippen LogP contribution in [0.1, 0.15) is 44.2 Å². The molecule has 0 aliphatic heterocycles. The van der Waals surface area contributed by atoms with E-state index in [0.717, 1.165) is 17.5 Å². The minimum Gasteiger partial charge on any atom is -0.324 e. The van der Waals surface area contributed by atoms with Crippen molar-refractivity contribution in [1.82, 2.24) is 0 Å². The Hall–Kier alpha value is -0.630. The van der Waals surface area contributed by atoms with Gasteiger partial charge in [-0.05, 0) is 30.4 Å². The molecule has 0 radical (unpaired) electrons. The van der Waals surface area contributed by atoms with Crippen LogP contribution in [0, 0.1) is 0 Å². The highest BCUT2D eigenvalue weighted by molar-refractivity contribution is 7.51. The Morgan fingerprint density at radius 1 is 1.35 bits per heavy atom. The lowest BCUT2D eigenvalue weighted by Gasteiger charge is -2.17. The van der Waals surface area contributed by atoms with Crippen LogP contribution in [-0.2, 0) is 15.3 Å². The van der Waals surface area contributed by atoms with Crippen LogP contribution in [0.25, 0.3) is 0 Å². The molecule has 1 N–H and O–H groups in total. The highest BCUT2D eigenvalue weighted by Crippen LogP contribution is 2.46. The Morgan fingerprint density at radius 3 is 2.59 bits per heavy atom. The summed E-state index contributed by atoms with van der Waals surface area (Å²) in [6, 6.07) is 7.79. The number of rotatable bonds is 6. The molecule has 0 amide bonds. The van der Waals surface area contributed by atoms with E-state index >= 15 is 0 Å². The van der Waals surface area contributed by atoms with Crippen LogP contribution >= 0.6 is 7.60 Å². The number of hydrogen-bond donors (Lipinski definition) is 1. The molecule has 17 heavy (non-hydrogen) atoms. The Balaban J connectivity index is 2.94. The van der Waals surface area contributed by atoms with Crippen LogP contribution in [-0.4, -0.2) is 11.5 Å². The lowest BCUT2D eigenvalue weighted by Crippen LogP contribution is -2.00. The van der Waals surface area contributed by atoms with Gasteiger partial charge in [0, 0.05) is 0 Å². The van der Waals surface area contributed by atoms with Gasteiger partial charge in [0.25, 0.3) is 0 Å². The number of hydrogen-bond acceptors (Lipinski definition) is 2. The fourth-order valence-corrected chi connectivity index (χ4v) is 3.05. The highest BCUT2D eigenvalue weighted by Gasteiger charge is 2.21. The van der Waals surface area contributed by atoms with E-state index in [0.29, 0.717) is 5.92 Å². The zero-order valence-electron chi connectivity index (χ0n) is 10.7. The third kappa shape index (κ3) is 4.27. The fraction of sp³-hybridized carbons (Fsp3) is 0.538. The van der Waals surface area contributed by atoms with Gasteiger partial charge < -0.3 is 9.42 Å². The van der Waals surface area contributed by atoms with Crippen LogP contribution in [0.3, 0.4) is 0 Å². The van der Waals surface area contributed by atoms with Crippen molar-refractivity contribution in [3.63, 3.8) is 0 Å². The van der Waals surface area contributed by atoms with Crippen LogP contribution < -0.4 is 0 Å². The van der Waals surface area contributed by atoms with Crippen LogP contribution in [0.4, 0.5) is 0 Å². The van der Waals surface area contributed by atoms with Gasteiger partial charge in [0.05, 0.1) is 12.8 Å². The first kappa shape index (κ1) is 14.4. The molecule has 0 saturated carbocycles. The summed E-state index contributed by atoms with van der Waals surface area (Å²) < 4.78 is 16.7. The average Bonchev–Trinajstić information content (AvgIpc) is 2.28. The van der Waals surface area contributed by atoms with Crippen molar-refractivity contribution in [3.05, 3.63) is 35.4 Å². The van der Waals surface area contributed by atoms with Crippen LogP contribution in [0.2, 0.25) is 0 Å². The van der Waals surface area contributed by atoms with E-state index in [1.54, 1.807) is 6.92 Å². The molecular formula is C13H21O3P. The number of benzene rings is 1. The van der Waals surface area contributed by atoms with E-state index in [1.807, 2.05) is 24.3 Å². The van der Waals surface area contributed by atoms with Crippen LogP contribution in [0.5, 0.6) is 0 Å². The third-order valence-electron chi connectivity index (χ3n) is 2.90. The molecule has 2 unspecified atom stereocenters. The molecule has 0 aliphatic rings. The molecule has 96 valence electrons. The molecule has 3 nitrogen and oxygen atoms in total. The maximum atomic E-state index is 11.8. The lowest BCUT2D eigenvalue weighted by molar-refractivity contribution is 0.272. The quantitative estimate of drug-likeness (QED) is 0.784. The minimum atomic E-state index is -3.49. The maximum absolute atomic E-state index is 11.8. The normalized spacial score (nSPS) is 16.5. The third-order valence-corrected chi connectivity index (χ3v) is 4.30. The Kier molecular flexibility index (Phi) is 5.38. The Morgan fingerprint density at radius 2 is 2.00 bits per heavy atom. The zero-order valence-corrected chi connectivity index (χ0v) is 11.6. The fourth-order valence-electron chi connectivity index (χ4n) is 1.84. The summed E-state index contributed by atoms with van der Waals surface area (Å²) in [5.74, 6) is 0.396. The average molecular weight is 256 g/mol. The topological polar surface area (TPSA) is 46.5 Å². The van der Waals surface area contributed by atoms with Gasteiger partial charge in [-0.15, -0.1) is 0 Å². The van der Waals surface area contributed by atoms with Crippen molar-refractivity contribution in [2.75, 3.05) is 6.61 Å². The molecule has 4 heteroatoms. The smallest absolute Gasteiger partial charge is 0.324 e. The second-order valence-electron chi connectivity index (χ2n) is 4.22. The second-order valence-corrected chi connectivity index (χ2v) is 6.07. The predicted molar refractivity (Wildman–Crippen MR) is 70.3 cm³/mol. The molecule has 2 atom stereocenters. The Bertz CT molecular complexity index is 403. The predicted octanol–water partition coefficient (Wildman–Crippen LogP) is 3.92. The van der Waals surface area contributed by atoms with Gasteiger partial charge in [-0.3, -0.25) is 4.57 Å². The molecule has 0 heterocycles. The van der Waals surface area contributed by atoms with E-state index in [1.165, 1.54) is 0 Å². The van der Waals surface area contributed by atoms with Crippen molar-refractivity contribution in [1.29, 1.82) is 0 Å². The van der Waals surface area contributed by atoms with Crippen molar-refractivity contribution in [2.45, 2.75) is 39.3 Å². The van der Waals surface area contributed by atoms with Crippen LogP contribution in [0.15, 0.2) is 24.3 Å². The summed E-state index contributed by atoms with van der Waals surface area (Å²) in [6.45, 7) is 6.23. The summed E-state index contributed by atoms with van der Waals surface area (Å²) in [5, 5.41) is 0. The molecule has 0 aromatic heterocycles. The van der Waals surface area contributed by atoms with Gasteiger partial charge in [-0.25, -0.2) is 0 Å². The largest absolute Gasteiger partial charge is 0.332 e. The van der Waals surface area contributed by atoms with Crippen molar-refractivity contribution < 1.29 is 14.0 Å². The molecule has 0 saturated heterocycles. The maximum Gasteiger partial charge on any atom is 0.332 e. The summed E-state index contributed by atoms with van der Waals surface area (Å²) in [7, 11) is -3.49. The first-order chi connectivity index (χ1) is 8.00. The van der Waals surface area contributed by atoms with Crippen molar-refractivity contribution >= 4 is 7.60 Å². The molecular weight excluding hydrogens is 235 g/mol. The minimum absolute atomic E-state index is 0.0986. The summed E-state index contributed by atoms with van der Waals surface area (Å²) in [5.41, 5.74) is 2.06. The standard InChI is InChI=1S/C13H21O3P/c1-4-11(3)13-9-7-6-8-12(13)10-17(14,15)16-5-2/h6-9,11H,4-5,10H2,1-3H3,(H,14,15). The van der Waals surface area contributed by atoms with Gasteiger partial charge in [0.15, 0.2) is 0 Å². The molecule has 1 rings (SSSR count). The molecule has 0 spiro atoms. The molecule has 0 fully saturated rings. The molecule has 0 bridgehead atoms.